The molecule has 82 valence electrons. The second-order valence-corrected chi connectivity index (χ2v) is 5.33. The van der Waals surface area contributed by atoms with Gasteiger partial charge in [0, 0.05) is 16.4 Å². The summed E-state index contributed by atoms with van der Waals surface area (Å²) < 4.78 is 15.1. The maximum absolute atomic E-state index is 14.1. The van der Waals surface area contributed by atoms with Crippen LogP contribution in [-0.4, -0.2) is 6.54 Å². The van der Waals surface area contributed by atoms with Crippen molar-refractivity contribution < 1.29 is 4.39 Å². The average molecular weight is 272 g/mol. The summed E-state index contributed by atoms with van der Waals surface area (Å²) in [7, 11) is 0. The van der Waals surface area contributed by atoms with Gasteiger partial charge in [-0.05, 0) is 49.4 Å². The highest BCUT2D eigenvalue weighted by molar-refractivity contribution is 9.10. The van der Waals surface area contributed by atoms with Gasteiger partial charge in [-0.1, -0.05) is 15.9 Å². The van der Waals surface area contributed by atoms with E-state index in [1.807, 2.05) is 13.0 Å². The van der Waals surface area contributed by atoms with E-state index in [2.05, 4.69) is 15.9 Å². The van der Waals surface area contributed by atoms with Crippen molar-refractivity contribution in [1.29, 1.82) is 0 Å². The van der Waals surface area contributed by atoms with Crippen LogP contribution in [0.3, 0.4) is 0 Å². The zero-order valence-corrected chi connectivity index (χ0v) is 10.6. The van der Waals surface area contributed by atoms with Crippen molar-refractivity contribution in [2.45, 2.75) is 32.1 Å². The second kappa shape index (κ2) is 3.56. The van der Waals surface area contributed by atoms with Gasteiger partial charge in [0.25, 0.3) is 0 Å². The van der Waals surface area contributed by atoms with Crippen LogP contribution in [0.15, 0.2) is 10.5 Å². The highest BCUT2D eigenvalue weighted by atomic mass is 79.9. The highest BCUT2D eigenvalue weighted by Gasteiger charge is 2.46. The Kier molecular flexibility index (Phi) is 2.63. The van der Waals surface area contributed by atoms with Gasteiger partial charge in [0.15, 0.2) is 0 Å². The lowest BCUT2D eigenvalue weighted by molar-refractivity contribution is 0.562. The summed E-state index contributed by atoms with van der Waals surface area (Å²) in [6.07, 6.45) is 2.02. The molecule has 1 aromatic rings. The molecule has 1 fully saturated rings. The fraction of sp³-hybridized carbons (Fsp3) is 0.500. The Bertz CT molecular complexity index is 384. The fourth-order valence-electron chi connectivity index (χ4n) is 2.18. The molecule has 2 rings (SSSR count). The number of aryl methyl sites for hydroxylation is 1. The highest BCUT2D eigenvalue weighted by Crippen LogP contribution is 2.50. The van der Waals surface area contributed by atoms with Crippen LogP contribution < -0.4 is 5.73 Å². The van der Waals surface area contributed by atoms with Crippen molar-refractivity contribution in [2.24, 2.45) is 5.73 Å². The molecule has 2 N–H and O–H groups in total. The minimum absolute atomic E-state index is 0.0707. The standard InChI is InChI=1S/C12H15BrFN/c1-7-5-9(13)8(2)10(11(7)14)12(6-15)3-4-12/h5H,3-4,6,15H2,1-2H3. The Morgan fingerprint density at radius 3 is 2.53 bits per heavy atom. The average Bonchev–Trinajstić information content (AvgIpc) is 2.96. The lowest BCUT2D eigenvalue weighted by Crippen LogP contribution is -2.23. The predicted molar refractivity (Wildman–Crippen MR) is 63.5 cm³/mol. The Balaban J connectivity index is 2.64. The monoisotopic (exact) mass is 271 g/mol. The van der Waals surface area contributed by atoms with Crippen molar-refractivity contribution in [1.82, 2.24) is 0 Å². The molecule has 0 aliphatic heterocycles. The van der Waals surface area contributed by atoms with Gasteiger partial charge in [-0.15, -0.1) is 0 Å². The minimum Gasteiger partial charge on any atom is -0.330 e. The molecule has 0 bridgehead atoms. The van der Waals surface area contributed by atoms with Crippen LogP contribution in [0.5, 0.6) is 0 Å². The molecule has 1 nitrogen and oxygen atoms in total. The third-order valence-electron chi connectivity index (χ3n) is 3.42. The molecule has 0 spiro atoms. The van der Waals surface area contributed by atoms with E-state index in [1.165, 1.54) is 0 Å². The number of rotatable bonds is 2. The van der Waals surface area contributed by atoms with E-state index in [-0.39, 0.29) is 11.2 Å². The first-order valence-corrected chi connectivity index (χ1v) is 5.97. The number of halogens is 2. The molecule has 1 aliphatic carbocycles. The first-order valence-electron chi connectivity index (χ1n) is 5.17. The smallest absolute Gasteiger partial charge is 0.130 e. The van der Waals surface area contributed by atoms with E-state index < -0.39 is 0 Å². The molecular formula is C12H15BrFN. The maximum Gasteiger partial charge on any atom is 0.130 e. The first kappa shape index (κ1) is 11.1. The number of hydrogen-bond donors (Lipinski definition) is 1. The normalized spacial score (nSPS) is 17.9. The zero-order chi connectivity index (χ0) is 11.2. The lowest BCUT2D eigenvalue weighted by Gasteiger charge is -2.19. The van der Waals surface area contributed by atoms with Crippen molar-refractivity contribution in [3.8, 4) is 0 Å². The maximum atomic E-state index is 14.1. The van der Waals surface area contributed by atoms with Gasteiger partial charge in [-0.3, -0.25) is 0 Å². The van der Waals surface area contributed by atoms with Gasteiger partial charge >= 0.3 is 0 Å². The lowest BCUT2D eigenvalue weighted by atomic mass is 9.90. The van der Waals surface area contributed by atoms with Crippen LogP contribution in [0.4, 0.5) is 4.39 Å². The van der Waals surface area contributed by atoms with Gasteiger partial charge in [0.1, 0.15) is 5.82 Å². The fourth-order valence-corrected chi connectivity index (χ4v) is 2.72. The zero-order valence-electron chi connectivity index (χ0n) is 9.03. The molecule has 0 unspecified atom stereocenters. The molecule has 0 amide bonds. The number of nitrogens with two attached hydrogens (primary N) is 1. The van der Waals surface area contributed by atoms with E-state index in [9.17, 15) is 4.39 Å². The molecule has 0 aromatic heterocycles. The molecule has 15 heavy (non-hydrogen) atoms. The molecule has 1 saturated carbocycles. The van der Waals surface area contributed by atoms with Crippen LogP contribution in [0.1, 0.15) is 29.5 Å². The number of benzene rings is 1. The molecule has 0 saturated heterocycles. The van der Waals surface area contributed by atoms with Gasteiger partial charge < -0.3 is 5.73 Å². The molecule has 1 aromatic carbocycles. The van der Waals surface area contributed by atoms with E-state index in [0.29, 0.717) is 12.1 Å². The summed E-state index contributed by atoms with van der Waals surface area (Å²) in [5.41, 5.74) is 8.20. The van der Waals surface area contributed by atoms with Crippen LogP contribution in [-0.2, 0) is 5.41 Å². The number of hydrogen-bond acceptors (Lipinski definition) is 1. The van der Waals surface area contributed by atoms with E-state index in [1.54, 1.807) is 6.92 Å². The van der Waals surface area contributed by atoms with Gasteiger partial charge in [-0.2, -0.15) is 0 Å². The molecule has 0 heterocycles. The van der Waals surface area contributed by atoms with Crippen molar-refractivity contribution in [3.05, 3.63) is 33.0 Å². The van der Waals surface area contributed by atoms with Crippen LogP contribution >= 0.6 is 15.9 Å². The van der Waals surface area contributed by atoms with E-state index in [0.717, 1.165) is 28.4 Å². The Morgan fingerprint density at radius 2 is 2.07 bits per heavy atom. The van der Waals surface area contributed by atoms with Crippen molar-refractivity contribution >= 4 is 15.9 Å². The first-order chi connectivity index (χ1) is 7.02. The summed E-state index contributed by atoms with van der Waals surface area (Å²) in [6, 6.07) is 1.83. The van der Waals surface area contributed by atoms with Crippen LogP contribution in [0, 0.1) is 19.7 Å². The van der Waals surface area contributed by atoms with Gasteiger partial charge in [0.05, 0.1) is 0 Å². The SMILES string of the molecule is Cc1cc(Br)c(C)c(C2(CN)CC2)c1F. The Hall–Kier alpha value is -0.410. The molecule has 1 aliphatic rings. The minimum atomic E-state index is -0.0806. The third-order valence-corrected chi connectivity index (χ3v) is 4.24. The predicted octanol–water partition coefficient (Wildman–Crippen LogP) is 3.20. The summed E-state index contributed by atoms with van der Waals surface area (Å²) >= 11 is 3.47. The third kappa shape index (κ3) is 1.62. The molecule has 0 atom stereocenters. The summed E-state index contributed by atoms with van der Waals surface area (Å²) in [5.74, 6) is -0.0707. The molecule has 3 heteroatoms. The Labute approximate surface area is 98.0 Å². The Morgan fingerprint density at radius 1 is 1.47 bits per heavy atom. The van der Waals surface area contributed by atoms with Crippen LogP contribution in [0.25, 0.3) is 0 Å². The van der Waals surface area contributed by atoms with Gasteiger partial charge in [0.2, 0.25) is 0 Å². The van der Waals surface area contributed by atoms with Crippen molar-refractivity contribution in [2.75, 3.05) is 6.54 Å². The second-order valence-electron chi connectivity index (χ2n) is 4.47. The van der Waals surface area contributed by atoms with Crippen molar-refractivity contribution in [3.63, 3.8) is 0 Å². The molecular weight excluding hydrogens is 257 g/mol. The topological polar surface area (TPSA) is 26.0 Å². The summed E-state index contributed by atoms with van der Waals surface area (Å²) in [4.78, 5) is 0. The van der Waals surface area contributed by atoms with Crippen LogP contribution in [0.2, 0.25) is 0 Å². The summed E-state index contributed by atoms with van der Waals surface area (Å²) in [6.45, 7) is 4.30. The van der Waals surface area contributed by atoms with E-state index in [4.69, 9.17) is 5.73 Å². The largest absolute Gasteiger partial charge is 0.330 e. The quantitative estimate of drug-likeness (QED) is 0.879. The van der Waals surface area contributed by atoms with Gasteiger partial charge in [-0.25, -0.2) is 4.39 Å². The summed E-state index contributed by atoms with van der Waals surface area (Å²) in [5, 5.41) is 0. The molecule has 0 radical (unpaired) electrons. The van der Waals surface area contributed by atoms with E-state index >= 15 is 0 Å².